The maximum atomic E-state index is 10.6. The summed E-state index contributed by atoms with van der Waals surface area (Å²) in [5.74, 6) is 2.97. The van der Waals surface area contributed by atoms with E-state index in [2.05, 4.69) is 14.6 Å². The van der Waals surface area contributed by atoms with Crippen molar-refractivity contribution in [2.75, 3.05) is 19.6 Å². The molecule has 4 fully saturated rings. The van der Waals surface area contributed by atoms with Crippen molar-refractivity contribution in [3.63, 3.8) is 0 Å². The SMILES string of the molecule is CC(NCCNCC12CC3CC(CC(C3)C1)C2)SOP(=O)(O)O. The zero-order valence-corrected chi connectivity index (χ0v) is 15.5. The molecule has 4 aliphatic carbocycles. The molecule has 6 nitrogen and oxygen atoms in total. The third-order valence-electron chi connectivity index (χ3n) is 5.68. The van der Waals surface area contributed by atoms with Crippen molar-refractivity contribution >= 4 is 19.9 Å². The van der Waals surface area contributed by atoms with Gasteiger partial charge in [0.05, 0.1) is 5.37 Å². The molecule has 8 heteroatoms. The molecule has 134 valence electrons. The molecule has 0 aromatic rings. The van der Waals surface area contributed by atoms with Crippen LogP contribution >= 0.6 is 19.9 Å². The third kappa shape index (κ3) is 5.18. The number of hydrogen-bond donors (Lipinski definition) is 4. The molecule has 0 radical (unpaired) electrons. The molecule has 0 aromatic heterocycles. The molecule has 4 saturated carbocycles. The van der Waals surface area contributed by atoms with Gasteiger partial charge in [-0.25, -0.2) is 8.54 Å². The molecular weight excluding hydrogens is 335 g/mol. The van der Waals surface area contributed by atoms with Gasteiger partial charge in [0.15, 0.2) is 0 Å². The number of phosphoric acid groups is 1. The van der Waals surface area contributed by atoms with E-state index in [4.69, 9.17) is 9.79 Å². The van der Waals surface area contributed by atoms with Crippen LogP contribution in [0.5, 0.6) is 0 Å². The average Bonchev–Trinajstić information content (AvgIpc) is 2.42. The molecular formula is C15H29N2O4PS. The van der Waals surface area contributed by atoms with E-state index in [0.717, 1.165) is 49.4 Å². The van der Waals surface area contributed by atoms with Crippen LogP contribution in [-0.4, -0.2) is 34.8 Å². The first-order chi connectivity index (χ1) is 10.8. The van der Waals surface area contributed by atoms with E-state index in [9.17, 15) is 4.57 Å². The molecule has 0 heterocycles. The van der Waals surface area contributed by atoms with Gasteiger partial charge in [0.25, 0.3) is 0 Å². The van der Waals surface area contributed by atoms with E-state index < -0.39 is 7.82 Å². The second-order valence-corrected chi connectivity index (χ2v) is 10.3. The lowest BCUT2D eigenvalue weighted by Gasteiger charge is -2.57. The van der Waals surface area contributed by atoms with E-state index in [1.165, 1.54) is 38.5 Å². The van der Waals surface area contributed by atoms with Gasteiger partial charge in [0, 0.05) is 31.7 Å². The molecule has 4 aliphatic rings. The average molecular weight is 364 g/mol. The van der Waals surface area contributed by atoms with Crippen molar-refractivity contribution in [3.8, 4) is 0 Å². The Kier molecular flexibility index (Phi) is 5.79. The van der Waals surface area contributed by atoms with Crippen LogP contribution < -0.4 is 10.6 Å². The molecule has 0 aliphatic heterocycles. The van der Waals surface area contributed by atoms with Crippen molar-refractivity contribution in [1.82, 2.24) is 10.6 Å². The zero-order valence-electron chi connectivity index (χ0n) is 13.7. The fraction of sp³-hybridized carbons (Fsp3) is 1.00. The first-order valence-corrected chi connectivity index (χ1v) is 11.0. The Labute approximate surface area is 143 Å². The summed E-state index contributed by atoms with van der Waals surface area (Å²) in [6.07, 6.45) is 8.70. The highest BCUT2D eigenvalue weighted by molar-refractivity contribution is 7.98. The number of rotatable bonds is 9. The molecule has 0 spiro atoms. The molecule has 4 rings (SSSR count). The molecule has 4 bridgehead atoms. The van der Waals surface area contributed by atoms with Crippen LogP contribution in [0.25, 0.3) is 0 Å². The lowest BCUT2D eigenvalue weighted by Crippen LogP contribution is -2.51. The number of nitrogens with one attached hydrogen (secondary N) is 2. The summed E-state index contributed by atoms with van der Waals surface area (Å²) in [6.45, 7) is 4.60. The molecule has 23 heavy (non-hydrogen) atoms. The zero-order chi connectivity index (χ0) is 16.5. The highest BCUT2D eigenvalue weighted by atomic mass is 32.2. The lowest BCUT2D eigenvalue weighted by atomic mass is 9.49. The molecule has 4 N–H and O–H groups in total. The van der Waals surface area contributed by atoms with Gasteiger partial charge in [-0.15, -0.1) is 0 Å². The second-order valence-electron chi connectivity index (χ2n) is 7.85. The van der Waals surface area contributed by atoms with Crippen LogP contribution in [0.3, 0.4) is 0 Å². The van der Waals surface area contributed by atoms with Crippen LogP contribution in [0.1, 0.15) is 45.4 Å². The van der Waals surface area contributed by atoms with Crippen molar-refractivity contribution in [1.29, 1.82) is 0 Å². The van der Waals surface area contributed by atoms with Crippen molar-refractivity contribution in [2.45, 2.75) is 50.8 Å². The Morgan fingerprint density at radius 3 is 2.26 bits per heavy atom. The Bertz CT molecular complexity index is 423. The second kappa shape index (κ2) is 7.32. The molecule has 0 amide bonds. The first kappa shape index (κ1) is 18.2. The van der Waals surface area contributed by atoms with Crippen molar-refractivity contribution in [2.24, 2.45) is 23.2 Å². The normalized spacial score (nSPS) is 37.3. The Morgan fingerprint density at radius 1 is 1.17 bits per heavy atom. The van der Waals surface area contributed by atoms with Gasteiger partial charge in [0.1, 0.15) is 0 Å². The minimum absolute atomic E-state index is 0.149. The van der Waals surface area contributed by atoms with E-state index in [1.807, 2.05) is 6.92 Å². The topological polar surface area (TPSA) is 90.8 Å². The first-order valence-electron chi connectivity index (χ1n) is 8.68. The number of hydrogen-bond acceptors (Lipinski definition) is 5. The summed E-state index contributed by atoms with van der Waals surface area (Å²) in [5.41, 5.74) is 0.554. The van der Waals surface area contributed by atoms with Crippen LogP contribution in [0.15, 0.2) is 0 Å². The summed E-state index contributed by atoms with van der Waals surface area (Å²) in [6, 6.07) is 0. The highest BCUT2D eigenvalue weighted by Crippen LogP contribution is 2.59. The standard InChI is InChI=1S/C15H29N2O4PS/c1-11(23-21-22(18,19)20)17-3-2-16-10-15-7-12-4-13(8-15)6-14(5-12)9-15/h11-14,16-17H,2-10H2,1H3,(H2,18,19,20). The van der Waals surface area contributed by atoms with Crippen molar-refractivity contribution < 1.29 is 18.3 Å². The fourth-order valence-corrected chi connectivity index (χ4v) is 6.53. The maximum Gasteiger partial charge on any atom is 0.480 e. The molecule has 1 unspecified atom stereocenters. The third-order valence-corrected chi connectivity index (χ3v) is 7.26. The Morgan fingerprint density at radius 2 is 1.74 bits per heavy atom. The highest BCUT2D eigenvalue weighted by Gasteiger charge is 2.50. The molecule has 0 saturated heterocycles. The smallest absolute Gasteiger partial charge is 0.315 e. The van der Waals surface area contributed by atoms with Gasteiger partial charge in [0.2, 0.25) is 0 Å². The van der Waals surface area contributed by atoms with Gasteiger partial charge in [-0.1, -0.05) is 0 Å². The van der Waals surface area contributed by atoms with Gasteiger partial charge in [-0.3, -0.25) is 0 Å². The van der Waals surface area contributed by atoms with Gasteiger partial charge in [-0.05, 0) is 68.6 Å². The Balaban J connectivity index is 1.31. The summed E-state index contributed by atoms with van der Waals surface area (Å²) in [7, 11) is -4.39. The van der Waals surface area contributed by atoms with E-state index in [1.54, 1.807) is 0 Å². The molecule has 0 aromatic carbocycles. The summed E-state index contributed by atoms with van der Waals surface area (Å²) >= 11 is 0.787. The summed E-state index contributed by atoms with van der Waals surface area (Å²) in [5, 5.41) is 6.65. The summed E-state index contributed by atoms with van der Waals surface area (Å²) in [4.78, 5) is 17.3. The molecule has 1 atom stereocenters. The lowest BCUT2D eigenvalue weighted by molar-refractivity contribution is -0.0511. The van der Waals surface area contributed by atoms with E-state index in [-0.39, 0.29) is 5.37 Å². The predicted molar refractivity (Wildman–Crippen MR) is 91.7 cm³/mol. The van der Waals surface area contributed by atoms with Crippen LogP contribution in [0.4, 0.5) is 0 Å². The quantitative estimate of drug-likeness (QED) is 0.216. The minimum atomic E-state index is -4.39. The monoisotopic (exact) mass is 364 g/mol. The van der Waals surface area contributed by atoms with E-state index in [0.29, 0.717) is 5.41 Å². The van der Waals surface area contributed by atoms with Crippen LogP contribution in [-0.2, 0) is 8.54 Å². The van der Waals surface area contributed by atoms with Gasteiger partial charge in [-0.2, -0.15) is 0 Å². The summed E-state index contributed by atoms with van der Waals surface area (Å²) < 4.78 is 15.0. The predicted octanol–water partition coefficient (Wildman–Crippen LogP) is 2.49. The fourth-order valence-electron chi connectivity index (χ4n) is 5.38. The van der Waals surface area contributed by atoms with Crippen molar-refractivity contribution in [3.05, 3.63) is 0 Å². The minimum Gasteiger partial charge on any atom is -0.315 e. The van der Waals surface area contributed by atoms with Crippen LogP contribution in [0, 0.1) is 23.2 Å². The van der Waals surface area contributed by atoms with Gasteiger partial charge >= 0.3 is 7.82 Å². The van der Waals surface area contributed by atoms with Crippen LogP contribution in [0.2, 0.25) is 0 Å². The van der Waals surface area contributed by atoms with Gasteiger partial charge < -0.3 is 20.4 Å². The Hall–Kier alpha value is 0.380. The largest absolute Gasteiger partial charge is 0.480 e. The van der Waals surface area contributed by atoms with E-state index >= 15 is 0 Å². The maximum absolute atomic E-state index is 10.6.